The molecule has 0 saturated carbocycles. The normalized spacial score (nSPS) is 26.0. The molecule has 12 heteroatoms. The minimum Gasteiger partial charge on any atom is -0.494 e. The summed E-state index contributed by atoms with van der Waals surface area (Å²) in [6.45, 7) is 2.40. The summed E-state index contributed by atoms with van der Waals surface area (Å²) in [5.41, 5.74) is 10.6. The highest BCUT2D eigenvalue weighted by Gasteiger charge is 2.47. The molecule has 7 rings (SSSR count). The maximum atomic E-state index is 13.8. The number of aryl methyl sites for hydroxylation is 1. The number of allylic oxidation sites excluding steroid dienone is 2. The van der Waals surface area contributed by atoms with Crippen LogP contribution in [0, 0.1) is 0 Å². The Morgan fingerprint density at radius 2 is 1.95 bits per heavy atom. The second-order valence-corrected chi connectivity index (χ2v) is 14.2. The van der Waals surface area contributed by atoms with Crippen LogP contribution in [0.2, 0.25) is 0 Å². The van der Waals surface area contributed by atoms with E-state index >= 15 is 0 Å². The first kappa shape index (κ1) is 29.0. The van der Waals surface area contributed by atoms with Gasteiger partial charge >= 0.3 is 0 Å². The molecule has 2 saturated heterocycles. The average molecular weight is 618 g/mol. The standard InChI is InChI=1S/C32H39N7O4S/c1-19-24-11-9-20-16-27(38(30(20)34-24)13-7-5-4-6-8-14-44(41,42)36-19)31-35-25-15-21(17-28(43-3)29(25)37(31)2)32(40)39-22-10-12-26(39)23(33)18-22/h5,7,9,11,15-17,19,22-23,26,36H,4,6,8,10,12-14,18,33H2,1-3H3/b7-5-/t19-,22+,23-,26-/m1/s1. The van der Waals surface area contributed by atoms with Gasteiger partial charge in [-0.15, -0.1) is 0 Å². The lowest BCUT2D eigenvalue weighted by Gasteiger charge is -2.23. The van der Waals surface area contributed by atoms with E-state index in [2.05, 4.69) is 27.5 Å². The summed E-state index contributed by atoms with van der Waals surface area (Å²) in [5, 5.41) is 0.926. The van der Waals surface area contributed by atoms with Gasteiger partial charge in [-0.25, -0.2) is 23.1 Å². The third kappa shape index (κ3) is 4.89. The number of amides is 1. The number of ether oxygens (including phenoxy) is 1. The number of imidazole rings is 1. The Hall–Kier alpha value is -3.74. The monoisotopic (exact) mass is 617 g/mol. The molecular formula is C32H39N7O4S. The molecule has 44 heavy (non-hydrogen) atoms. The minimum absolute atomic E-state index is 0.0215. The number of methoxy groups -OCH3 is 1. The molecule has 3 aromatic heterocycles. The largest absolute Gasteiger partial charge is 0.494 e. The van der Waals surface area contributed by atoms with Crippen LogP contribution in [0.25, 0.3) is 33.6 Å². The van der Waals surface area contributed by atoms with E-state index in [1.165, 1.54) is 0 Å². The lowest BCUT2D eigenvalue weighted by molar-refractivity contribution is 0.0726. The Balaban J connectivity index is 1.34. The third-order valence-corrected chi connectivity index (χ3v) is 11.0. The van der Waals surface area contributed by atoms with Crippen LogP contribution in [0.15, 0.2) is 42.5 Å². The van der Waals surface area contributed by atoms with Gasteiger partial charge in [-0.2, -0.15) is 0 Å². The lowest BCUT2D eigenvalue weighted by Crippen LogP contribution is -2.40. The van der Waals surface area contributed by atoms with Gasteiger partial charge in [-0.3, -0.25) is 4.79 Å². The number of hydrogen-bond acceptors (Lipinski definition) is 7. The summed E-state index contributed by atoms with van der Waals surface area (Å²) in [6, 6.07) is 9.44. The Morgan fingerprint density at radius 3 is 2.70 bits per heavy atom. The number of carbonyl (C=O) groups excluding carboxylic acids is 1. The van der Waals surface area contributed by atoms with Crippen molar-refractivity contribution in [2.75, 3.05) is 12.9 Å². The van der Waals surface area contributed by atoms with E-state index in [9.17, 15) is 13.2 Å². The second-order valence-electron chi connectivity index (χ2n) is 12.4. The topological polar surface area (TPSA) is 137 Å². The van der Waals surface area contributed by atoms with Gasteiger partial charge < -0.3 is 24.5 Å². The van der Waals surface area contributed by atoms with Crippen molar-refractivity contribution >= 4 is 38.0 Å². The predicted octanol–water partition coefficient (Wildman–Crippen LogP) is 4.02. The highest BCUT2D eigenvalue weighted by atomic mass is 32.2. The maximum Gasteiger partial charge on any atom is 0.254 e. The van der Waals surface area contributed by atoms with Crippen molar-refractivity contribution in [2.24, 2.45) is 12.8 Å². The van der Waals surface area contributed by atoms with Crippen molar-refractivity contribution in [1.82, 2.24) is 28.7 Å². The number of fused-ring (bicyclic) bond motifs is 4. The minimum atomic E-state index is -3.42. The van der Waals surface area contributed by atoms with Crippen molar-refractivity contribution in [2.45, 2.75) is 76.2 Å². The van der Waals surface area contributed by atoms with E-state index in [0.29, 0.717) is 41.3 Å². The van der Waals surface area contributed by atoms with Gasteiger partial charge in [-0.1, -0.05) is 12.2 Å². The van der Waals surface area contributed by atoms with Gasteiger partial charge in [-0.05, 0) is 75.8 Å². The third-order valence-electron chi connectivity index (χ3n) is 9.50. The molecule has 232 valence electrons. The summed E-state index contributed by atoms with van der Waals surface area (Å²) in [5.74, 6) is 1.38. The number of carbonyl (C=O) groups is 1. The summed E-state index contributed by atoms with van der Waals surface area (Å²) >= 11 is 0. The quantitative estimate of drug-likeness (QED) is 0.331. The maximum absolute atomic E-state index is 13.8. The number of sulfonamides is 1. The number of nitrogens with zero attached hydrogens (tertiary/aromatic N) is 5. The van der Waals surface area contributed by atoms with Gasteiger partial charge in [0.2, 0.25) is 10.0 Å². The van der Waals surface area contributed by atoms with Crippen molar-refractivity contribution in [1.29, 1.82) is 0 Å². The molecule has 4 atom stereocenters. The number of pyridine rings is 1. The molecule has 2 fully saturated rings. The van der Waals surface area contributed by atoms with Crippen molar-refractivity contribution in [3.63, 3.8) is 0 Å². The molecule has 0 spiro atoms. The first-order chi connectivity index (χ1) is 21.1. The van der Waals surface area contributed by atoms with Gasteiger partial charge in [0.1, 0.15) is 16.9 Å². The summed E-state index contributed by atoms with van der Waals surface area (Å²) < 4.78 is 38.1. The fraction of sp³-hybridized carbons (Fsp3) is 0.469. The van der Waals surface area contributed by atoms with Crippen LogP contribution in [-0.2, 0) is 23.6 Å². The van der Waals surface area contributed by atoms with Crippen LogP contribution < -0.4 is 15.2 Å². The van der Waals surface area contributed by atoms with Gasteiger partial charge in [0.25, 0.3) is 5.91 Å². The number of rotatable bonds is 3. The molecule has 1 amide bonds. The van der Waals surface area contributed by atoms with Crippen LogP contribution in [0.4, 0.5) is 0 Å². The van der Waals surface area contributed by atoms with Gasteiger partial charge in [0.05, 0.1) is 35.8 Å². The second kappa shape index (κ2) is 11.0. The summed E-state index contributed by atoms with van der Waals surface area (Å²) in [4.78, 5) is 25.7. The Labute approximate surface area is 257 Å². The molecule has 3 aliphatic heterocycles. The molecule has 4 aromatic rings. The Morgan fingerprint density at radius 1 is 1.11 bits per heavy atom. The van der Waals surface area contributed by atoms with E-state index in [-0.39, 0.29) is 29.8 Å². The summed E-state index contributed by atoms with van der Waals surface area (Å²) in [6.07, 6.45) is 9.18. The first-order valence-electron chi connectivity index (χ1n) is 15.4. The smallest absolute Gasteiger partial charge is 0.254 e. The van der Waals surface area contributed by atoms with Crippen LogP contribution in [-0.4, -0.2) is 69.3 Å². The van der Waals surface area contributed by atoms with Crippen molar-refractivity contribution < 1.29 is 17.9 Å². The number of hydrogen-bond donors (Lipinski definition) is 2. The van der Waals surface area contributed by atoms with E-state index in [4.69, 9.17) is 20.4 Å². The molecule has 11 nitrogen and oxygen atoms in total. The Bertz CT molecular complexity index is 1910. The number of nitrogens with one attached hydrogen (secondary N) is 1. The zero-order chi connectivity index (χ0) is 30.7. The van der Waals surface area contributed by atoms with E-state index < -0.39 is 16.1 Å². The molecule has 6 heterocycles. The van der Waals surface area contributed by atoms with Gasteiger partial charge in [0.15, 0.2) is 5.82 Å². The van der Waals surface area contributed by atoms with Gasteiger partial charge in [0, 0.05) is 42.7 Å². The fourth-order valence-electron chi connectivity index (χ4n) is 7.31. The molecule has 0 radical (unpaired) electrons. The zero-order valence-electron chi connectivity index (χ0n) is 25.4. The van der Waals surface area contributed by atoms with Crippen molar-refractivity contribution in [3.05, 3.63) is 53.7 Å². The molecule has 3 aliphatic rings. The van der Waals surface area contributed by atoms with E-state index in [0.717, 1.165) is 54.3 Å². The summed E-state index contributed by atoms with van der Waals surface area (Å²) in [7, 11) is 0.146. The number of benzene rings is 1. The predicted molar refractivity (Wildman–Crippen MR) is 170 cm³/mol. The molecule has 0 aliphatic carbocycles. The number of aromatic nitrogens is 4. The highest BCUT2D eigenvalue weighted by Crippen LogP contribution is 2.39. The number of nitrogens with two attached hydrogens (primary N) is 1. The van der Waals surface area contributed by atoms with Crippen molar-refractivity contribution in [3.8, 4) is 17.3 Å². The molecule has 1 aromatic carbocycles. The zero-order valence-corrected chi connectivity index (χ0v) is 26.2. The average Bonchev–Trinajstić information content (AvgIpc) is 3.74. The SMILES string of the molecule is COc1cc(C(=O)N2[C@H]3CC[C@@H]2[C@H](N)C3)cc2nc(-c3cc4ccc5nc4n3C/C=C\CCCCS(=O)(=O)N[C@@H]5C)n(C)c12. The fourth-order valence-corrected chi connectivity index (χ4v) is 8.67. The first-order valence-corrected chi connectivity index (χ1v) is 17.1. The highest BCUT2D eigenvalue weighted by molar-refractivity contribution is 7.89. The lowest BCUT2D eigenvalue weighted by atomic mass is 9.97. The van der Waals surface area contributed by atoms with Crippen LogP contribution >= 0.6 is 0 Å². The Kier molecular flexibility index (Phi) is 7.25. The van der Waals surface area contributed by atoms with E-state index in [1.807, 2.05) is 47.7 Å². The molecule has 4 bridgehead atoms. The van der Waals surface area contributed by atoms with E-state index in [1.54, 1.807) is 7.11 Å². The van der Waals surface area contributed by atoms with Crippen LogP contribution in [0.5, 0.6) is 5.75 Å². The molecule has 0 unspecified atom stereocenters. The molecular weight excluding hydrogens is 578 g/mol. The van der Waals surface area contributed by atoms with Crippen LogP contribution in [0.1, 0.15) is 67.5 Å². The molecule has 3 N–H and O–H groups in total. The van der Waals surface area contributed by atoms with Crippen LogP contribution in [0.3, 0.4) is 0 Å².